The predicted molar refractivity (Wildman–Crippen MR) is 150 cm³/mol. The van der Waals surface area contributed by atoms with Gasteiger partial charge in [-0.3, -0.25) is 9.59 Å². The van der Waals surface area contributed by atoms with Crippen LogP contribution in [0.15, 0.2) is 54.7 Å². The Labute approximate surface area is 220 Å². The molecule has 0 radical (unpaired) electrons. The zero-order valence-electron chi connectivity index (χ0n) is 22.2. The highest BCUT2D eigenvalue weighted by Gasteiger charge is 2.38. The van der Waals surface area contributed by atoms with Gasteiger partial charge in [-0.15, -0.1) is 0 Å². The van der Waals surface area contributed by atoms with Crippen LogP contribution in [0.25, 0.3) is 10.9 Å². The molecule has 2 fully saturated rings. The highest BCUT2D eigenvalue weighted by atomic mass is 16.2. The van der Waals surface area contributed by atoms with E-state index in [0.29, 0.717) is 0 Å². The van der Waals surface area contributed by atoms with Crippen molar-refractivity contribution in [1.82, 2.24) is 15.2 Å². The SMILES string of the molecule is CN(C)c1ccc(C(C(=O)NC2CCCCC2)N(C(=O)Cc2c[nH]c3ccccc23)C2CCCC2)cc1. The molecule has 1 heterocycles. The molecule has 1 atom stereocenters. The van der Waals surface area contributed by atoms with E-state index in [1.807, 2.05) is 67.7 Å². The fraction of sp³-hybridized carbons (Fsp3) is 0.484. The number of fused-ring (bicyclic) bond motifs is 1. The van der Waals surface area contributed by atoms with E-state index in [4.69, 9.17) is 0 Å². The van der Waals surface area contributed by atoms with E-state index in [1.54, 1.807) is 0 Å². The lowest BCUT2D eigenvalue weighted by molar-refractivity contribution is -0.143. The van der Waals surface area contributed by atoms with Crippen molar-refractivity contribution < 1.29 is 9.59 Å². The van der Waals surface area contributed by atoms with Gasteiger partial charge in [-0.25, -0.2) is 0 Å². The summed E-state index contributed by atoms with van der Waals surface area (Å²) in [4.78, 5) is 35.5. The van der Waals surface area contributed by atoms with Crippen LogP contribution in [0, 0.1) is 0 Å². The molecular weight excluding hydrogens is 460 g/mol. The molecule has 2 aliphatic carbocycles. The molecule has 37 heavy (non-hydrogen) atoms. The summed E-state index contributed by atoms with van der Waals surface area (Å²) in [6.45, 7) is 0. The van der Waals surface area contributed by atoms with E-state index >= 15 is 0 Å². The van der Waals surface area contributed by atoms with Gasteiger partial charge in [0, 0.05) is 49.0 Å². The average molecular weight is 501 g/mol. The molecule has 2 saturated carbocycles. The Bertz CT molecular complexity index is 1200. The molecule has 3 aromatic rings. The number of nitrogens with one attached hydrogen (secondary N) is 2. The van der Waals surface area contributed by atoms with Crippen molar-refractivity contribution >= 4 is 28.4 Å². The topological polar surface area (TPSA) is 68.4 Å². The minimum atomic E-state index is -0.626. The van der Waals surface area contributed by atoms with Crippen molar-refractivity contribution in [2.75, 3.05) is 19.0 Å². The molecule has 1 unspecified atom stereocenters. The number of aromatic amines is 1. The molecule has 2 aliphatic rings. The molecule has 2 aromatic carbocycles. The molecule has 5 rings (SSSR count). The molecule has 196 valence electrons. The lowest BCUT2D eigenvalue weighted by Gasteiger charge is -2.37. The number of benzene rings is 2. The molecular formula is C31H40N4O2. The number of para-hydroxylation sites is 1. The van der Waals surface area contributed by atoms with Crippen LogP contribution in [0.4, 0.5) is 5.69 Å². The second-order valence-corrected chi connectivity index (χ2v) is 11.0. The number of hydrogen-bond acceptors (Lipinski definition) is 3. The Hall–Kier alpha value is -3.28. The Morgan fingerprint density at radius 2 is 1.59 bits per heavy atom. The van der Waals surface area contributed by atoms with Crippen LogP contribution in [0.2, 0.25) is 0 Å². The van der Waals surface area contributed by atoms with E-state index in [-0.39, 0.29) is 30.3 Å². The predicted octanol–water partition coefficient (Wildman–Crippen LogP) is 5.74. The molecule has 6 heteroatoms. The van der Waals surface area contributed by atoms with Crippen molar-refractivity contribution in [3.8, 4) is 0 Å². The third-order valence-corrected chi connectivity index (χ3v) is 8.23. The van der Waals surface area contributed by atoms with Crippen molar-refractivity contribution in [2.45, 2.75) is 82.3 Å². The highest BCUT2D eigenvalue weighted by Crippen LogP contribution is 2.34. The first kappa shape index (κ1) is 25.4. The zero-order chi connectivity index (χ0) is 25.8. The maximum Gasteiger partial charge on any atom is 0.247 e. The Balaban J connectivity index is 1.49. The number of nitrogens with zero attached hydrogens (tertiary/aromatic N) is 2. The second kappa shape index (κ2) is 11.4. The maximum atomic E-state index is 14.2. The van der Waals surface area contributed by atoms with Crippen molar-refractivity contribution in [2.24, 2.45) is 0 Å². The number of rotatable bonds is 8. The first-order chi connectivity index (χ1) is 18.0. The molecule has 0 aliphatic heterocycles. The summed E-state index contributed by atoms with van der Waals surface area (Å²) in [5, 5.41) is 4.42. The number of carbonyl (C=O) groups is 2. The third-order valence-electron chi connectivity index (χ3n) is 8.23. The van der Waals surface area contributed by atoms with Crippen LogP contribution in [0.5, 0.6) is 0 Å². The largest absolute Gasteiger partial charge is 0.378 e. The summed E-state index contributed by atoms with van der Waals surface area (Å²) < 4.78 is 0. The van der Waals surface area contributed by atoms with Gasteiger partial charge < -0.3 is 20.1 Å². The van der Waals surface area contributed by atoms with Crippen molar-refractivity contribution in [1.29, 1.82) is 0 Å². The summed E-state index contributed by atoms with van der Waals surface area (Å²) in [7, 11) is 4.02. The van der Waals surface area contributed by atoms with E-state index in [0.717, 1.165) is 79.1 Å². The van der Waals surface area contributed by atoms with Crippen LogP contribution in [0.3, 0.4) is 0 Å². The molecule has 0 bridgehead atoms. The highest BCUT2D eigenvalue weighted by molar-refractivity contribution is 5.93. The molecule has 6 nitrogen and oxygen atoms in total. The zero-order valence-corrected chi connectivity index (χ0v) is 22.2. The normalized spacial score (nSPS) is 17.6. The van der Waals surface area contributed by atoms with Gasteiger partial charge in [-0.05, 0) is 55.0 Å². The summed E-state index contributed by atoms with van der Waals surface area (Å²) in [6, 6.07) is 15.9. The maximum absolute atomic E-state index is 14.2. The first-order valence-electron chi connectivity index (χ1n) is 13.9. The number of anilines is 1. The molecule has 1 aromatic heterocycles. The fourth-order valence-electron chi connectivity index (χ4n) is 6.19. The summed E-state index contributed by atoms with van der Waals surface area (Å²) >= 11 is 0. The molecule has 2 N–H and O–H groups in total. The average Bonchev–Trinajstić information content (AvgIpc) is 3.58. The summed E-state index contributed by atoms with van der Waals surface area (Å²) in [6.07, 6.45) is 11.9. The summed E-state index contributed by atoms with van der Waals surface area (Å²) in [5.41, 5.74) is 3.98. The standard InChI is InChI=1S/C31H40N4O2/c1-34(2)25-18-16-22(17-19-25)30(31(37)33-24-10-4-3-5-11-24)35(26-12-6-7-13-26)29(36)20-23-21-32-28-15-9-8-14-27(23)28/h8-9,14-19,21,24,26,30,32H,3-7,10-13,20H2,1-2H3,(H,33,37). The smallest absolute Gasteiger partial charge is 0.247 e. The molecule has 0 saturated heterocycles. The monoisotopic (exact) mass is 500 g/mol. The van der Waals surface area contributed by atoms with Gasteiger partial charge in [-0.2, -0.15) is 0 Å². The van der Waals surface area contributed by atoms with Gasteiger partial charge >= 0.3 is 0 Å². The number of amides is 2. The number of hydrogen-bond donors (Lipinski definition) is 2. The van der Waals surface area contributed by atoms with Gasteiger partial charge in [0.25, 0.3) is 0 Å². The van der Waals surface area contributed by atoms with E-state index in [9.17, 15) is 9.59 Å². The van der Waals surface area contributed by atoms with Crippen LogP contribution >= 0.6 is 0 Å². The number of aromatic nitrogens is 1. The number of H-pyrrole nitrogens is 1. The van der Waals surface area contributed by atoms with Crippen molar-refractivity contribution in [3.05, 3.63) is 65.9 Å². The number of carbonyl (C=O) groups excluding carboxylic acids is 2. The second-order valence-electron chi connectivity index (χ2n) is 11.0. The van der Waals surface area contributed by atoms with Gasteiger partial charge in [0.05, 0.1) is 6.42 Å². The molecule has 0 spiro atoms. The Kier molecular flexibility index (Phi) is 7.82. The summed E-state index contributed by atoms with van der Waals surface area (Å²) in [5.74, 6) is -0.0131. The van der Waals surface area contributed by atoms with Crippen LogP contribution in [-0.2, 0) is 16.0 Å². The Morgan fingerprint density at radius 3 is 2.30 bits per heavy atom. The Morgan fingerprint density at radius 1 is 0.919 bits per heavy atom. The van der Waals surface area contributed by atoms with E-state index in [2.05, 4.69) is 21.3 Å². The molecule has 2 amide bonds. The van der Waals surface area contributed by atoms with Gasteiger partial charge in [-0.1, -0.05) is 62.4 Å². The third kappa shape index (κ3) is 5.68. The van der Waals surface area contributed by atoms with E-state index in [1.165, 1.54) is 6.42 Å². The van der Waals surface area contributed by atoms with Crippen LogP contribution in [0.1, 0.15) is 75.0 Å². The van der Waals surface area contributed by atoms with E-state index < -0.39 is 6.04 Å². The minimum absolute atomic E-state index is 0.0251. The minimum Gasteiger partial charge on any atom is -0.378 e. The van der Waals surface area contributed by atoms with Crippen molar-refractivity contribution in [3.63, 3.8) is 0 Å². The van der Waals surface area contributed by atoms with Crippen LogP contribution in [-0.4, -0.2) is 47.9 Å². The van der Waals surface area contributed by atoms with Gasteiger partial charge in [0.15, 0.2) is 0 Å². The first-order valence-corrected chi connectivity index (χ1v) is 13.9. The lowest BCUT2D eigenvalue weighted by Crippen LogP contribution is -2.50. The van der Waals surface area contributed by atoms with Crippen LogP contribution < -0.4 is 10.2 Å². The van der Waals surface area contributed by atoms with Gasteiger partial charge in [0.2, 0.25) is 11.8 Å². The lowest BCUT2D eigenvalue weighted by atomic mass is 9.94. The quantitative estimate of drug-likeness (QED) is 0.415. The van der Waals surface area contributed by atoms with Gasteiger partial charge in [0.1, 0.15) is 6.04 Å². The fourth-order valence-corrected chi connectivity index (χ4v) is 6.19.